The van der Waals surface area contributed by atoms with E-state index in [-0.39, 0.29) is 0 Å². The Labute approximate surface area is 79.7 Å². The zero-order valence-electron chi connectivity index (χ0n) is 8.20. The number of nitrogens with one attached hydrogen (secondary N) is 1. The topological polar surface area (TPSA) is 24.9 Å². The van der Waals surface area contributed by atoms with Gasteiger partial charge in [0.2, 0.25) is 0 Å². The second-order valence-electron chi connectivity index (χ2n) is 2.99. The van der Waals surface area contributed by atoms with Crippen LogP contribution < -0.4 is 5.32 Å². The molecule has 0 bridgehead atoms. The molecular weight excluding hydrogens is 160 g/mol. The van der Waals surface area contributed by atoms with Crippen LogP contribution in [0.3, 0.4) is 0 Å². The summed E-state index contributed by atoms with van der Waals surface area (Å²) in [7, 11) is 0. The monoisotopic (exact) mass is 176 g/mol. The molecule has 1 rings (SSSR count). The first kappa shape index (κ1) is 9.93. The molecule has 0 spiro atoms. The van der Waals surface area contributed by atoms with Crippen LogP contribution in [0.25, 0.3) is 6.08 Å². The van der Waals surface area contributed by atoms with Crippen LogP contribution in [0.15, 0.2) is 30.6 Å². The smallest absolute Gasteiger partial charge is 0.0340 e. The summed E-state index contributed by atoms with van der Waals surface area (Å²) in [4.78, 5) is 4.04. The minimum absolute atomic E-state index is 0.421. The molecule has 0 aliphatic carbocycles. The van der Waals surface area contributed by atoms with Gasteiger partial charge in [-0.1, -0.05) is 25.1 Å². The fourth-order valence-corrected chi connectivity index (χ4v) is 1.12. The molecule has 0 aliphatic heterocycles. The van der Waals surface area contributed by atoms with Gasteiger partial charge in [-0.15, -0.1) is 0 Å². The third kappa shape index (κ3) is 3.85. The lowest BCUT2D eigenvalue weighted by molar-refractivity contribution is 0.663. The average Bonchev–Trinajstić information content (AvgIpc) is 2.17. The van der Waals surface area contributed by atoms with Gasteiger partial charge in [0.15, 0.2) is 0 Å². The first-order valence-corrected chi connectivity index (χ1v) is 4.64. The molecule has 0 amide bonds. The van der Waals surface area contributed by atoms with Crippen molar-refractivity contribution >= 4 is 6.08 Å². The predicted octanol–water partition coefficient (Wildman–Crippen LogP) is 2.09. The van der Waals surface area contributed by atoms with Crippen LogP contribution in [0, 0.1) is 0 Å². The van der Waals surface area contributed by atoms with Crippen LogP contribution in [-0.2, 0) is 0 Å². The lowest BCUT2D eigenvalue weighted by atomic mass is 10.2. The summed E-state index contributed by atoms with van der Waals surface area (Å²) >= 11 is 0. The molecule has 13 heavy (non-hydrogen) atoms. The molecule has 1 N–H and O–H groups in total. The van der Waals surface area contributed by atoms with Crippen molar-refractivity contribution in [3.63, 3.8) is 0 Å². The van der Waals surface area contributed by atoms with Gasteiger partial charge in [0.05, 0.1) is 0 Å². The number of nitrogens with zero attached hydrogens (tertiary/aromatic N) is 1. The Morgan fingerprint density at radius 1 is 1.62 bits per heavy atom. The Balaban J connectivity index is 2.49. The molecule has 70 valence electrons. The number of likely N-dealkylation sites (N-methyl/N-ethyl adjacent to an activating group) is 1. The van der Waals surface area contributed by atoms with E-state index in [1.165, 1.54) is 0 Å². The predicted molar refractivity (Wildman–Crippen MR) is 56.4 cm³/mol. The lowest BCUT2D eigenvalue weighted by Gasteiger charge is -2.05. The van der Waals surface area contributed by atoms with Gasteiger partial charge >= 0.3 is 0 Å². The van der Waals surface area contributed by atoms with E-state index < -0.39 is 0 Å². The maximum Gasteiger partial charge on any atom is 0.0340 e. The van der Waals surface area contributed by atoms with E-state index in [0.29, 0.717) is 6.04 Å². The van der Waals surface area contributed by atoms with Crippen LogP contribution in [-0.4, -0.2) is 17.6 Å². The zero-order valence-corrected chi connectivity index (χ0v) is 8.20. The van der Waals surface area contributed by atoms with Crippen molar-refractivity contribution < 1.29 is 0 Å². The van der Waals surface area contributed by atoms with Gasteiger partial charge < -0.3 is 5.32 Å². The third-order valence-electron chi connectivity index (χ3n) is 1.79. The fourth-order valence-electron chi connectivity index (χ4n) is 1.12. The van der Waals surface area contributed by atoms with Gasteiger partial charge in [0.1, 0.15) is 0 Å². The van der Waals surface area contributed by atoms with Crippen molar-refractivity contribution in [2.75, 3.05) is 6.54 Å². The van der Waals surface area contributed by atoms with E-state index in [0.717, 1.165) is 12.1 Å². The maximum absolute atomic E-state index is 4.04. The van der Waals surface area contributed by atoms with Gasteiger partial charge in [-0.3, -0.25) is 4.98 Å². The zero-order chi connectivity index (χ0) is 9.52. The molecule has 0 radical (unpaired) electrons. The van der Waals surface area contributed by atoms with Crippen molar-refractivity contribution in [3.8, 4) is 0 Å². The van der Waals surface area contributed by atoms with E-state index in [4.69, 9.17) is 0 Å². The molecule has 0 aromatic carbocycles. The minimum atomic E-state index is 0.421. The van der Waals surface area contributed by atoms with Crippen LogP contribution in [0.4, 0.5) is 0 Å². The van der Waals surface area contributed by atoms with E-state index in [9.17, 15) is 0 Å². The summed E-state index contributed by atoms with van der Waals surface area (Å²) in [6.07, 6.45) is 7.86. The molecule has 1 heterocycles. The van der Waals surface area contributed by atoms with E-state index in [1.807, 2.05) is 18.3 Å². The first-order chi connectivity index (χ1) is 6.33. The molecule has 0 aliphatic rings. The normalized spacial score (nSPS) is 13.4. The van der Waals surface area contributed by atoms with E-state index in [2.05, 4.69) is 36.3 Å². The van der Waals surface area contributed by atoms with Crippen LogP contribution >= 0.6 is 0 Å². The largest absolute Gasteiger partial charge is 0.311 e. The minimum Gasteiger partial charge on any atom is -0.311 e. The maximum atomic E-state index is 4.04. The second-order valence-corrected chi connectivity index (χ2v) is 2.99. The summed E-state index contributed by atoms with van der Waals surface area (Å²) in [6, 6.07) is 4.41. The van der Waals surface area contributed by atoms with Gasteiger partial charge in [-0.2, -0.15) is 0 Å². The van der Waals surface area contributed by atoms with Crippen molar-refractivity contribution in [2.24, 2.45) is 0 Å². The number of pyridine rings is 1. The number of hydrogen-bond donors (Lipinski definition) is 1. The SMILES string of the molecule is CCNC(C)/C=C/c1cccnc1. The summed E-state index contributed by atoms with van der Waals surface area (Å²) in [5.41, 5.74) is 1.15. The Bertz CT molecular complexity index is 254. The van der Waals surface area contributed by atoms with Gasteiger partial charge in [-0.25, -0.2) is 0 Å². The first-order valence-electron chi connectivity index (χ1n) is 4.64. The molecule has 0 saturated carbocycles. The molecule has 1 unspecified atom stereocenters. The summed E-state index contributed by atoms with van der Waals surface area (Å²) in [6.45, 7) is 5.24. The van der Waals surface area contributed by atoms with Crippen LogP contribution in [0.2, 0.25) is 0 Å². The average molecular weight is 176 g/mol. The molecule has 1 aromatic rings. The Kier molecular flexibility index (Phi) is 4.19. The molecule has 0 fully saturated rings. The highest BCUT2D eigenvalue weighted by Crippen LogP contribution is 1.99. The standard InChI is InChI=1S/C11H16N2/c1-3-13-10(2)6-7-11-5-4-8-12-9-11/h4-10,13H,3H2,1-2H3/b7-6+. The Morgan fingerprint density at radius 3 is 3.08 bits per heavy atom. The van der Waals surface area contributed by atoms with Gasteiger partial charge in [-0.05, 0) is 25.1 Å². The summed E-state index contributed by atoms with van der Waals surface area (Å²) in [5, 5.41) is 3.31. The fraction of sp³-hybridized carbons (Fsp3) is 0.364. The van der Waals surface area contributed by atoms with Crippen molar-refractivity contribution in [2.45, 2.75) is 19.9 Å². The quantitative estimate of drug-likeness (QED) is 0.760. The third-order valence-corrected chi connectivity index (χ3v) is 1.79. The highest BCUT2D eigenvalue weighted by Gasteiger charge is 1.91. The van der Waals surface area contributed by atoms with Crippen molar-refractivity contribution in [3.05, 3.63) is 36.2 Å². The number of rotatable bonds is 4. The van der Waals surface area contributed by atoms with Crippen molar-refractivity contribution in [1.82, 2.24) is 10.3 Å². The Hall–Kier alpha value is -1.15. The molecule has 2 nitrogen and oxygen atoms in total. The highest BCUT2D eigenvalue weighted by atomic mass is 14.9. The van der Waals surface area contributed by atoms with Gasteiger partial charge in [0.25, 0.3) is 0 Å². The van der Waals surface area contributed by atoms with E-state index >= 15 is 0 Å². The highest BCUT2D eigenvalue weighted by molar-refractivity contribution is 5.47. The lowest BCUT2D eigenvalue weighted by Crippen LogP contribution is -2.22. The number of aromatic nitrogens is 1. The summed E-state index contributed by atoms with van der Waals surface area (Å²) in [5.74, 6) is 0. The Morgan fingerprint density at radius 2 is 2.46 bits per heavy atom. The van der Waals surface area contributed by atoms with Crippen molar-refractivity contribution in [1.29, 1.82) is 0 Å². The molecule has 0 saturated heterocycles. The second kappa shape index (κ2) is 5.49. The molecule has 1 atom stereocenters. The van der Waals surface area contributed by atoms with Gasteiger partial charge in [0, 0.05) is 18.4 Å². The molecule has 2 heteroatoms. The van der Waals surface area contributed by atoms with Crippen LogP contribution in [0.1, 0.15) is 19.4 Å². The molecule has 1 aromatic heterocycles. The summed E-state index contributed by atoms with van der Waals surface area (Å²) < 4.78 is 0. The van der Waals surface area contributed by atoms with Crippen LogP contribution in [0.5, 0.6) is 0 Å². The number of hydrogen-bond acceptors (Lipinski definition) is 2. The van der Waals surface area contributed by atoms with E-state index in [1.54, 1.807) is 6.20 Å². The molecular formula is C11H16N2.